The summed E-state index contributed by atoms with van der Waals surface area (Å²) in [6.07, 6.45) is -2.89. The van der Waals surface area contributed by atoms with Crippen LogP contribution in [0.1, 0.15) is 54.7 Å². The van der Waals surface area contributed by atoms with Crippen LogP contribution in [0, 0.1) is 0 Å². The molecule has 0 aliphatic carbocycles. The summed E-state index contributed by atoms with van der Waals surface area (Å²) < 4.78 is 52.8. The zero-order chi connectivity index (χ0) is 20.8. The van der Waals surface area contributed by atoms with E-state index in [-0.39, 0.29) is 30.6 Å². The third-order valence-electron chi connectivity index (χ3n) is 5.27. The van der Waals surface area contributed by atoms with Crippen molar-refractivity contribution < 1.29 is 27.4 Å². The van der Waals surface area contributed by atoms with Gasteiger partial charge in [0.1, 0.15) is 11.4 Å². The summed E-state index contributed by atoms with van der Waals surface area (Å²) in [5.41, 5.74) is 0.703. The number of carbonyl (C=O) groups excluding carboxylic acids is 1. The Morgan fingerprint density at radius 3 is 2.86 bits per heavy atom. The van der Waals surface area contributed by atoms with Gasteiger partial charge in [-0.05, 0) is 31.0 Å². The number of fused-ring (bicyclic) bond motifs is 2. The quantitative estimate of drug-likeness (QED) is 0.802. The topological polar surface area (TPSA) is 77.4 Å². The van der Waals surface area contributed by atoms with Crippen molar-refractivity contribution in [2.24, 2.45) is 0 Å². The molecule has 3 atom stereocenters. The van der Waals surface area contributed by atoms with Gasteiger partial charge in [0, 0.05) is 12.5 Å². The number of hydrogen-bond acceptors (Lipinski definition) is 5. The minimum absolute atomic E-state index is 0.0574. The Hall–Kier alpha value is -2.91. The number of benzene rings is 1. The fourth-order valence-electron chi connectivity index (χ4n) is 3.48. The summed E-state index contributed by atoms with van der Waals surface area (Å²) >= 11 is 0. The molecule has 1 aromatic carbocycles. The van der Waals surface area contributed by atoms with Crippen LogP contribution >= 0.6 is 0 Å². The van der Waals surface area contributed by atoms with Gasteiger partial charge in [0.25, 0.3) is 5.91 Å². The lowest BCUT2D eigenvalue weighted by Gasteiger charge is -2.34. The van der Waals surface area contributed by atoms with Crippen molar-refractivity contribution in [1.82, 2.24) is 15.1 Å². The number of ether oxygens (including phenoxy) is 2. The highest BCUT2D eigenvalue weighted by Crippen LogP contribution is 2.45. The molecule has 0 unspecified atom stereocenters. The van der Waals surface area contributed by atoms with Crippen molar-refractivity contribution in [2.45, 2.75) is 51.0 Å². The Balaban J connectivity index is 1.70. The summed E-state index contributed by atoms with van der Waals surface area (Å²) in [6, 6.07) is 2.41. The van der Waals surface area contributed by atoms with E-state index >= 15 is 0 Å². The van der Waals surface area contributed by atoms with Crippen molar-refractivity contribution in [1.29, 1.82) is 0 Å². The van der Waals surface area contributed by atoms with Crippen LogP contribution in [0.5, 0.6) is 11.5 Å². The van der Waals surface area contributed by atoms with Crippen LogP contribution < -0.4 is 20.1 Å². The van der Waals surface area contributed by atoms with Gasteiger partial charge in [-0.1, -0.05) is 13.0 Å². The molecule has 0 saturated carbocycles. The van der Waals surface area contributed by atoms with Gasteiger partial charge >= 0.3 is 6.18 Å². The van der Waals surface area contributed by atoms with Crippen LogP contribution in [0.2, 0.25) is 0 Å². The Morgan fingerprint density at radius 2 is 2.14 bits per heavy atom. The third-order valence-corrected chi connectivity index (χ3v) is 5.27. The number of halogens is 3. The number of carbonyl (C=O) groups is 1. The first-order valence-electron chi connectivity index (χ1n) is 9.39. The number of amides is 1. The maximum absolute atomic E-state index is 13.8. The second-order valence-corrected chi connectivity index (χ2v) is 7.24. The van der Waals surface area contributed by atoms with E-state index in [2.05, 4.69) is 15.7 Å². The van der Waals surface area contributed by atoms with E-state index in [0.29, 0.717) is 23.5 Å². The maximum Gasteiger partial charge on any atom is 0.410 e. The van der Waals surface area contributed by atoms with Gasteiger partial charge < -0.3 is 20.1 Å². The Morgan fingerprint density at radius 1 is 1.38 bits per heavy atom. The summed E-state index contributed by atoms with van der Waals surface area (Å²) in [4.78, 5) is 12.6. The van der Waals surface area contributed by atoms with Crippen LogP contribution in [-0.4, -0.2) is 34.7 Å². The van der Waals surface area contributed by atoms with E-state index in [1.54, 1.807) is 18.2 Å². The number of nitrogens with one attached hydrogen (secondary N) is 2. The fourth-order valence-corrected chi connectivity index (χ4v) is 3.48. The molecule has 2 N–H and O–H groups in total. The SMILES string of the molecule is CC[C@H](C)NC(=O)c1cnn2c1N[C@H](c1ccc3c(c1)OCO3)C[C@@H]2C(F)(F)F. The molecule has 0 spiro atoms. The molecule has 0 fully saturated rings. The molecule has 4 rings (SSSR count). The minimum atomic E-state index is -4.51. The molecule has 0 radical (unpaired) electrons. The highest BCUT2D eigenvalue weighted by molar-refractivity contribution is 5.99. The van der Waals surface area contributed by atoms with Gasteiger partial charge in [0.15, 0.2) is 17.5 Å². The summed E-state index contributed by atoms with van der Waals surface area (Å²) in [5.74, 6) is 0.639. The molecular formula is C19H21F3N4O3. The van der Waals surface area contributed by atoms with E-state index < -0.39 is 24.2 Å². The molecule has 1 amide bonds. The maximum atomic E-state index is 13.8. The number of anilines is 1. The van der Waals surface area contributed by atoms with Crippen molar-refractivity contribution in [3.8, 4) is 11.5 Å². The molecule has 10 heteroatoms. The zero-order valence-electron chi connectivity index (χ0n) is 15.9. The summed E-state index contributed by atoms with van der Waals surface area (Å²) in [6.45, 7) is 3.82. The Kier molecular flexibility index (Phi) is 4.79. The number of nitrogens with zero attached hydrogens (tertiary/aromatic N) is 2. The molecule has 2 aromatic rings. The normalized spacial score (nSPS) is 21.3. The first-order valence-corrected chi connectivity index (χ1v) is 9.39. The second-order valence-electron chi connectivity index (χ2n) is 7.24. The molecule has 0 bridgehead atoms. The molecule has 29 heavy (non-hydrogen) atoms. The van der Waals surface area contributed by atoms with Crippen molar-refractivity contribution in [3.05, 3.63) is 35.5 Å². The zero-order valence-corrected chi connectivity index (χ0v) is 15.9. The predicted molar refractivity (Wildman–Crippen MR) is 98.1 cm³/mol. The molecule has 7 nitrogen and oxygen atoms in total. The lowest BCUT2D eigenvalue weighted by molar-refractivity contribution is -0.173. The number of hydrogen-bond donors (Lipinski definition) is 2. The molecule has 3 heterocycles. The van der Waals surface area contributed by atoms with E-state index in [1.807, 2.05) is 13.8 Å². The third kappa shape index (κ3) is 3.58. The average Bonchev–Trinajstić information content (AvgIpc) is 3.32. The molecule has 1 aromatic heterocycles. The monoisotopic (exact) mass is 410 g/mol. The van der Waals surface area contributed by atoms with Crippen molar-refractivity contribution in [2.75, 3.05) is 12.1 Å². The number of rotatable bonds is 4. The Labute approximate surface area is 165 Å². The smallest absolute Gasteiger partial charge is 0.410 e. The lowest BCUT2D eigenvalue weighted by Crippen LogP contribution is -2.37. The first kappa shape index (κ1) is 19.4. The van der Waals surface area contributed by atoms with Crippen LogP contribution in [-0.2, 0) is 0 Å². The fraction of sp³-hybridized carbons (Fsp3) is 0.474. The molecular weight excluding hydrogens is 389 g/mol. The van der Waals surface area contributed by atoms with Gasteiger partial charge in [-0.2, -0.15) is 18.3 Å². The van der Waals surface area contributed by atoms with E-state index in [1.165, 1.54) is 6.20 Å². The summed E-state index contributed by atoms with van der Waals surface area (Å²) in [7, 11) is 0. The van der Waals surface area contributed by atoms with Crippen molar-refractivity contribution in [3.63, 3.8) is 0 Å². The average molecular weight is 410 g/mol. The Bertz CT molecular complexity index is 928. The van der Waals surface area contributed by atoms with Gasteiger partial charge in [-0.15, -0.1) is 0 Å². The van der Waals surface area contributed by atoms with Gasteiger partial charge in [0.05, 0.1) is 12.2 Å². The van der Waals surface area contributed by atoms with Crippen LogP contribution in [0.4, 0.5) is 19.0 Å². The highest BCUT2D eigenvalue weighted by atomic mass is 19.4. The standard InChI is InChI=1S/C19H21F3N4O3/c1-3-10(2)24-18(27)12-8-23-26-16(19(20,21)22)7-13(25-17(12)26)11-4-5-14-15(6-11)29-9-28-14/h4-6,8,10,13,16,25H,3,7,9H2,1-2H3,(H,24,27)/t10-,13-,16+/m0/s1. The number of aromatic nitrogens is 2. The molecule has 0 saturated heterocycles. The predicted octanol–water partition coefficient (Wildman–Crippen LogP) is 3.80. The molecule has 2 aliphatic heterocycles. The molecule has 156 valence electrons. The minimum Gasteiger partial charge on any atom is -0.454 e. The van der Waals surface area contributed by atoms with Crippen LogP contribution in [0.25, 0.3) is 0 Å². The summed E-state index contributed by atoms with van der Waals surface area (Å²) in [5, 5.41) is 9.72. The highest BCUT2D eigenvalue weighted by Gasteiger charge is 2.47. The van der Waals surface area contributed by atoms with Crippen LogP contribution in [0.15, 0.2) is 24.4 Å². The van der Waals surface area contributed by atoms with Gasteiger partial charge in [0.2, 0.25) is 6.79 Å². The first-order chi connectivity index (χ1) is 13.8. The largest absolute Gasteiger partial charge is 0.454 e. The lowest BCUT2D eigenvalue weighted by atomic mass is 9.96. The molecule has 2 aliphatic rings. The van der Waals surface area contributed by atoms with E-state index in [9.17, 15) is 18.0 Å². The van der Waals surface area contributed by atoms with E-state index in [0.717, 1.165) is 4.68 Å². The second kappa shape index (κ2) is 7.16. The van der Waals surface area contributed by atoms with Crippen molar-refractivity contribution >= 4 is 11.7 Å². The van der Waals surface area contributed by atoms with E-state index in [4.69, 9.17) is 9.47 Å². The van der Waals surface area contributed by atoms with Gasteiger partial charge in [-0.3, -0.25) is 4.79 Å². The van der Waals surface area contributed by atoms with Gasteiger partial charge in [-0.25, -0.2) is 4.68 Å². The number of alkyl halides is 3. The van der Waals surface area contributed by atoms with Crippen LogP contribution in [0.3, 0.4) is 0 Å².